The van der Waals surface area contributed by atoms with Gasteiger partial charge >= 0.3 is 0 Å². The molecule has 0 amide bonds. The van der Waals surface area contributed by atoms with Crippen LogP contribution < -0.4 is 0 Å². The van der Waals surface area contributed by atoms with Crippen LogP contribution in [-0.2, 0) is 13.0 Å². The molecule has 0 unspecified atom stereocenters. The lowest BCUT2D eigenvalue weighted by molar-refractivity contribution is 0.316. The van der Waals surface area contributed by atoms with Crippen LogP contribution in [0.3, 0.4) is 0 Å². The van der Waals surface area contributed by atoms with E-state index in [0.717, 1.165) is 37.1 Å². The van der Waals surface area contributed by atoms with Crippen LogP contribution in [0.15, 0.2) is 42.5 Å². The first-order chi connectivity index (χ1) is 10.1. The molecule has 0 heterocycles. The Morgan fingerprint density at radius 2 is 1.67 bits per heavy atom. The Kier molecular flexibility index (Phi) is 5.40. The topological polar surface area (TPSA) is 23.5 Å². The fraction of sp³-hybridized carbons (Fsp3) is 0.368. The van der Waals surface area contributed by atoms with Crippen LogP contribution in [0.2, 0.25) is 0 Å². The van der Waals surface area contributed by atoms with Crippen LogP contribution in [-0.4, -0.2) is 23.6 Å². The maximum Gasteiger partial charge on any atom is 0.120 e. The molecule has 0 saturated heterocycles. The van der Waals surface area contributed by atoms with E-state index in [2.05, 4.69) is 55.3 Å². The second-order valence-electron chi connectivity index (χ2n) is 5.89. The summed E-state index contributed by atoms with van der Waals surface area (Å²) in [6, 6.07) is 14.5. The van der Waals surface area contributed by atoms with E-state index < -0.39 is 0 Å². The summed E-state index contributed by atoms with van der Waals surface area (Å²) in [5.74, 6) is 0.410. The van der Waals surface area contributed by atoms with E-state index in [0.29, 0.717) is 5.75 Å². The number of aromatic hydroxyl groups is 1. The molecule has 21 heavy (non-hydrogen) atoms. The molecule has 0 spiro atoms. The van der Waals surface area contributed by atoms with E-state index in [-0.39, 0.29) is 0 Å². The minimum absolute atomic E-state index is 0.410. The fourth-order valence-corrected chi connectivity index (χ4v) is 2.56. The highest BCUT2D eigenvalue weighted by atomic mass is 16.3. The highest BCUT2D eigenvalue weighted by Crippen LogP contribution is 2.23. The first-order valence-corrected chi connectivity index (χ1v) is 7.58. The quantitative estimate of drug-likeness (QED) is 0.863. The number of rotatable bonds is 6. The zero-order valence-corrected chi connectivity index (χ0v) is 13.3. The van der Waals surface area contributed by atoms with Gasteiger partial charge in [-0.15, -0.1) is 0 Å². The largest absolute Gasteiger partial charge is 0.508 e. The Morgan fingerprint density at radius 3 is 2.38 bits per heavy atom. The van der Waals surface area contributed by atoms with Gasteiger partial charge in [0, 0.05) is 12.1 Å². The molecule has 0 aliphatic heterocycles. The summed E-state index contributed by atoms with van der Waals surface area (Å²) in [6.45, 7) is 5.94. The van der Waals surface area contributed by atoms with Crippen LogP contribution in [0.5, 0.6) is 5.75 Å². The number of phenolic OH excluding ortho intramolecular Hbond substituents is 1. The van der Waals surface area contributed by atoms with Crippen LogP contribution >= 0.6 is 0 Å². The van der Waals surface area contributed by atoms with Crippen molar-refractivity contribution in [3.8, 4) is 5.75 Å². The van der Waals surface area contributed by atoms with Gasteiger partial charge in [-0.25, -0.2) is 0 Å². The normalized spacial score (nSPS) is 11.0. The zero-order valence-electron chi connectivity index (χ0n) is 13.3. The van der Waals surface area contributed by atoms with E-state index in [1.807, 2.05) is 13.0 Å². The summed E-state index contributed by atoms with van der Waals surface area (Å²) in [4.78, 5) is 2.27. The SMILES string of the molecule is Cc1cc(O)c(CN(C)CCCc2ccccc2)cc1C. The van der Waals surface area contributed by atoms with Gasteiger partial charge in [0.05, 0.1) is 0 Å². The molecule has 2 aromatic carbocycles. The van der Waals surface area contributed by atoms with Crippen molar-refractivity contribution in [2.24, 2.45) is 0 Å². The number of phenols is 1. The number of nitrogens with zero attached hydrogens (tertiary/aromatic N) is 1. The number of benzene rings is 2. The van der Waals surface area contributed by atoms with Crippen molar-refractivity contribution >= 4 is 0 Å². The van der Waals surface area contributed by atoms with Crippen molar-refractivity contribution in [2.45, 2.75) is 33.2 Å². The van der Waals surface area contributed by atoms with Crippen LogP contribution in [0.25, 0.3) is 0 Å². The van der Waals surface area contributed by atoms with E-state index in [1.165, 1.54) is 11.1 Å². The highest BCUT2D eigenvalue weighted by Gasteiger charge is 2.07. The molecule has 112 valence electrons. The molecular formula is C19H25NO. The lowest BCUT2D eigenvalue weighted by Crippen LogP contribution is -2.19. The van der Waals surface area contributed by atoms with Gasteiger partial charge in [-0.1, -0.05) is 36.4 Å². The molecule has 0 radical (unpaired) electrons. The molecular weight excluding hydrogens is 258 g/mol. The minimum Gasteiger partial charge on any atom is -0.508 e. The predicted molar refractivity (Wildman–Crippen MR) is 88.7 cm³/mol. The lowest BCUT2D eigenvalue weighted by Gasteiger charge is -2.18. The summed E-state index contributed by atoms with van der Waals surface area (Å²) < 4.78 is 0. The van der Waals surface area contributed by atoms with Crippen molar-refractivity contribution < 1.29 is 5.11 Å². The van der Waals surface area contributed by atoms with Gasteiger partial charge in [-0.2, -0.15) is 0 Å². The molecule has 2 heteroatoms. The number of hydrogen-bond acceptors (Lipinski definition) is 2. The van der Waals surface area contributed by atoms with Crippen molar-refractivity contribution in [2.75, 3.05) is 13.6 Å². The maximum atomic E-state index is 10.0. The Bertz CT molecular complexity index is 578. The predicted octanol–water partition coefficient (Wildman–Crippen LogP) is 4.07. The third kappa shape index (κ3) is 4.61. The molecule has 2 nitrogen and oxygen atoms in total. The van der Waals surface area contributed by atoms with Crippen LogP contribution in [0.1, 0.15) is 28.7 Å². The zero-order chi connectivity index (χ0) is 15.2. The Labute approximate surface area is 128 Å². The first-order valence-electron chi connectivity index (χ1n) is 7.58. The molecule has 2 aromatic rings. The van der Waals surface area contributed by atoms with Gasteiger partial charge in [0.1, 0.15) is 5.75 Å². The average Bonchev–Trinajstić information content (AvgIpc) is 2.46. The first kappa shape index (κ1) is 15.6. The summed E-state index contributed by atoms with van der Waals surface area (Å²) in [6.07, 6.45) is 2.23. The van der Waals surface area contributed by atoms with Gasteiger partial charge in [0.15, 0.2) is 0 Å². The van der Waals surface area contributed by atoms with Crippen molar-refractivity contribution in [3.63, 3.8) is 0 Å². The minimum atomic E-state index is 0.410. The van der Waals surface area contributed by atoms with Gasteiger partial charge in [-0.3, -0.25) is 0 Å². The number of aryl methyl sites for hydroxylation is 3. The highest BCUT2D eigenvalue weighted by molar-refractivity contribution is 5.40. The third-order valence-corrected chi connectivity index (χ3v) is 3.98. The van der Waals surface area contributed by atoms with E-state index in [9.17, 15) is 5.11 Å². The standard InChI is InChI=1S/C19H25NO/c1-15-12-18(19(21)13-16(15)2)14-20(3)11-7-10-17-8-5-4-6-9-17/h4-6,8-9,12-13,21H,7,10-11,14H2,1-3H3. The van der Waals surface area contributed by atoms with Crippen molar-refractivity contribution in [3.05, 3.63) is 64.7 Å². The fourth-order valence-electron chi connectivity index (χ4n) is 2.56. The molecule has 0 aliphatic carbocycles. The molecule has 0 aliphatic rings. The Hall–Kier alpha value is -1.80. The molecule has 0 saturated carbocycles. The van der Waals surface area contributed by atoms with Gasteiger partial charge < -0.3 is 10.0 Å². The van der Waals surface area contributed by atoms with Crippen LogP contribution in [0, 0.1) is 13.8 Å². The second-order valence-corrected chi connectivity index (χ2v) is 5.89. The van der Waals surface area contributed by atoms with Gasteiger partial charge in [-0.05, 0) is 63.0 Å². The second kappa shape index (κ2) is 7.28. The molecule has 0 aromatic heterocycles. The maximum absolute atomic E-state index is 10.0. The smallest absolute Gasteiger partial charge is 0.120 e. The monoisotopic (exact) mass is 283 g/mol. The molecule has 0 bridgehead atoms. The molecule has 0 atom stereocenters. The van der Waals surface area contributed by atoms with Crippen molar-refractivity contribution in [1.82, 2.24) is 4.90 Å². The molecule has 1 N–H and O–H groups in total. The van der Waals surface area contributed by atoms with E-state index >= 15 is 0 Å². The Morgan fingerprint density at radius 1 is 1.00 bits per heavy atom. The van der Waals surface area contributed by atoms with Crippen molar-refractivity contribution in [1.29, 1.82) is 0 Å². The molecule has 2 rings (SSSR count). The third-order valence-electron chi connectivity index (χ3n) is 3.98. The van der Waals surface area contributed by atoms with Gasteiger partial charge in [0.2, 0.25) is 0 Å². The summed E-state index contributed by atoms with van der Waals surface area (Å²) in [5.41, 5.74) is 4.78. The summed E-state index contributed by atoms with van der Waals surface area (Å²) >= 11 is 0. The average molecular weight is 283 g/mol. The Balaban J connectivity index is 1.84. The van der Waals surface area contributed by atoms with Crippen LogP contribution in [0.4, 0.5) is 0 Å². The van der Waals surface area contributed by atoms with Gasteiger partial charge in [0.25, 0.3) is 0 Å². The molecule has 0 fully saturated rings. The summed E-state index contributed by atoms with van der Waals surface area (Å²) in [5, 5.41) is 10.0. The number of hydrogen-bond donors (Lipinski definition) is 1. The lowest BCUT2D eigenvalue weighted by atomic mass is 10.0. The van der Waals surface area contributed by atoms with E-state index in [4.69, 9.17) is 0 Å². The van der Waals surface area contributed by atoms with E-state index in [1.54, 1.807) is 0 Å². The summed E-state index contributed by atoms with van der Waals surface area (Å²) in [7, 11) is 2.11.